The van der Waals surface area contributed by atoms with E-state index in [1.807, 2.05) is 62.8 Å². The van der Waals surface area contributed by atoms with Gasteiger partial charge in [0.2, 0.25) is 0 Å². The minimum absolute atomic E-state index is 0.0667. The van der Waals surface area contributed by atoms with Crippen molar-refractivity contribution < 1.29 is 9.53 Å². The molecule has 30 heavy (non-hydrogen) atoms. The number of carbonyl (C=O) groups excluding carboxylic acids is 1. The first kappa shape index (κ1) is 20.5. The molecule has 3 aromatic rings. The van der Waals surface area contributed by atoms with Crippen LogP contribution in [0.2, 0.25) is 0 Å². The maximum absolute atomic E-state index is 12.9. The van der Waals surface area contributed by atoms with Crippen LogP contribution in [0.25, 0.3) is 10.9 Å². The Hall–Kier alpha value is -2.77. The summed E-state index contributed by atoms with van der Waals surface area (Å²) in [5.74, 6) is -0.0801. The molecule has 7 heteroatoms. The summed E-state index contributed by atoms with van der Waals surface area (Å²) < 4.78 is 7.93. The lowest BCUT2D eigenvalue weighted by molar-refractivity contribution is -0.0349. The largest absolute Gasteiger partial charge is 0.369 e. The van der Waals surface area contributed by atoms with Gasteiger partial charge in [0.1, 0.15) is 6.10 Å². The number of aryl methyl sites for hydroxylation is 2. The van der Waals surface area contributed by atoms with Crippen molar-refractivity contribution in [2.24, 2.45) is 7.05 Å². The highest BCUT2D eigenvalue weighted by atomic mass is 16.5. The first-order valence-corrected chi connectivity index (χ1v) is 10.4. The van der Waals surface area contributed by atoms with Crippen molar-refractivity contribution >= 4 is 16.8 Å². The van der Waals surface area contributed by atoms with Crippen molar-refractivity contribution in [1.82, 2.24) is 25.0 Å². The topological polar surface area (TPSA) is 72.3 Å². The number of amides is 1. The highest BCUT2D eigenvalue weighted by molar-refractivity contribution is 6.06. The van der Waals surface area contributed by atoms with E-state index in [1.54, 1.807) is 0 Å². The van der Waals surface area contributed by atoms with E-state index in [1.165, 1.54) is 5.56 Å². The lowest BCUT2D eigenvalue weighted by Gasteiger charge is -2.32. The molecule has 2 aromatic heterocycles. The Kier molecular flexibility index (Phi) is 5.83. The molecule has 0 aliphatic carbocycles. The van der Waals surface area contributed by atoms with E-state index in [4.69, 9.17) is 9.72 Å². The molecule has 0 saturated carbocycles. The Balaban J connectivity index is 1.61. The van der Waals surface area contributed by atoms with Gasteiger partial charge in [0, 0.05) is 49.9 Å². The van der Waals surface area contributed by atoms with E-state index in [-0.39, 0.29) is 18.1 Å². The number of nitrogens with zero attached hydrogens (tertiary/aromatic N) is 4. The zero-order valence-electron chi connectivity index (χ0n) is 18.1. The average molecular weight is 408 g/mol. The number of hydrogen-bond acceptors (Lipinski definition) is 5. The van der Waals surface area contributed by atoms with Gasteiger partial charge in [-0.05, 0) is 32.9 Å². The molecule has 1 unspecified atom stereocenters. The Labute approximate surface area is 177 Å². The molecule has 0 bridgehead atoms. The SMILES string of the molecule is Cc1nn(C)cc1CN1CCOC(c2cc(C(=O)NC(C)C)c3ccccc3n2)C1. The van der Waals surface area contributed by atoms with E-state index in [2.05, 4.69) is 21.5 Å². The Bertz CT molecular complexity index is 1060. The molecular formula is C23H29N5O2. The minimum Gasteiger partial charge on any atom is -0.369 e. The number of ether oxygens (including phenoxy) is 1. The molecule has 7 nitrogen and oxygen atoms in total. The predicted molar refractivity (Wildman–Crippen MR) is 116 cm³/mol. The highest BCUT2D eigenvalue weighted by Crippen LogP contribution is 2.27. The number of pyridine rings is 1. The summed E-state index contributed by atoms with van der Waals surface area (Å²) in [6.45, 7) is 9.01. The summed E-state index contributed by atoms with van der Waals surface area (Å²) in [6.07, 6.45) is 1.90. The normalized spacial score (nSPS) is 17.6. The Morgan fingerprint density at radius 2 is 2.13 bits per heavy atom. The van der Waals surface area contributed by atoms with Gasteiger partial charge in [0.25, 0.3) is 5.91 Å². The van der Waals surface area contributed by atoms with Crippen molar-refractivity contribution in [2.75, 3.05) is 19.7 Å². The molecule has 1 aliphatic rings. The molecule has 1 aromatic carbocycles. The maximum Gasteiger partial charge on any atom is 0.252 e. The zero-order chi connectivity index (χ0) is 21.3. The smallest absolute Gasteiger partial charge is 0.252 e. The first-order valence-electron chi connectivity index (χ1n) is 10.4. The van der Waals surface area contributed by atoms with E-state index in [0.717, 1.165) is 41.9 Å². The number of rotatable bonds is 5. The average Bonchev–Trinajstić information content (AvgIpc) is 3.03. The maximum atomic E-state index is 12.9. The van der Waals surface area contributed by atoms with Gasteiger partial charge in [-0.1, -0.05) is 18.2 Å². The molecule has 1 amide bonds. The summed E-state index contributed by atoms with van der Waals surface area (Å²) in [5, 5.41) is 8.31. The molecule has 0 radical (unpaired) electrons. The van der Waals surface area contributed by atoms with Crippen LogP contribution in [0.15, 0.2) is 36.5 Å². The van der Waals surface area contributed by atoms with Crippen molar-refractivity contribution in [3.63, 3.8) is 0 Å². The molecule has 1 saturated heterocycles. The van der Waals surface area contributed by atoms with Crippen LogP contribution in [-0.4, -0.2) is 51.3 Å². The second-order valence-corrected chi connectivity index (χ2v) is 8.25. The second-order valence-electron chi connectivity index (χ2n) is 8.25. The third-order valence-electron chi connectivity index (χ3n) is 5.39. The van der Waals surface area contributed by atoms with Crippen LogP contribution in [0.3, 0.4) is 0 Å². The molecule has 4 rings (SSSR count). The third kappa shape index (κ3) is 4.37. The standard InChI is InChI=1S/C23H29N5O2/c1-15(2)24-23(29)19-11-21(25-20-8-6-5-7-18(19)20)22-14-28(9-10-30-22)13-17-12-27(4)26-16(17)3/h5-8,11-12,15,22H,9-10,13-14H2,1-4H3,(H,24,29). The lowest BCUT2D eigenvalue weighted by Crippen LogP contribution is -2.38. The van der Waals surface area contributed by atoms with Gasteiger partial charge in [0.05, 0.1) is 29.1 Å². The fraction of sp³-hybridized carbons (Fsp3) is 0.435. The zero-order valence-corrected chi connectivity index (χ0v) is 18.1. The number of para-hydroxylation sites is 1. The van der Waals surface area contributed by atoms with Crippen LogP contribution in [0.4, 0.5) is 0 Å². The van der Waals surface area contributed by atoms with Gasteiger partial charge in [-0.25, -0.2) is 4.98 Å². The van der Waals surface area contributed by atoms with E-state index >= 15 is 0 Å². The summed E-state index contributed by atoms with van der Waals surface area (Å²) in [6, 6.07) is 9.74. The van der Waals surface area contributed by atoms with Gasteiger partial charge < -0.3 is 10.1 Å². The monoisotopic (exact) mass is 407 g/mol. The van der Waals surface area contributed by atoms with Crippen LogP contribution in [0, 0.1) is 6.92 Å². The second kappa shape index (κ2) is 8.53. The molecule has 1 N–H and O–H groups in total. The number of nitrogens with one attached hydrogen (secondary N) is 1. The van der Waals surface area contributed by atoms with Crippen LogP contribution >= 0.6 is 0 Å². The number of benzene rings is 1. The fourth-order valence-electron chi connectivity index (χ4n) is 3.96. The van der Waals surface area contributed by atoms with Crippen LogP contribution < -0.4 is 5.32 Å². The Morgan fingerprint density at radius 1 is 1.33 bits per heavy atom. The fourth-order valence-corrected chi connectivity index (χ4v) is 3.96. The van der Waals surface area contributed by atoms with Gasteiger partial charge >= 0.3 is 0 Å². The van der Waals surface area contributed by atoms with Gasteiger partial charge in [0.15, 0.2) is 0 Å². The molecule has 1 aliphatic heterocycles. The number of aromatic nitrogens is 3. The van der Waals surface area contributed by atoms with E-state index in [9.17, 15) is 4.79 Å². The summed E-state index contributed by atoms with van der Waals surface area (Å²) in [5.41, 5.74) is 4.54. The van der Waals surface area contributed by atoms with Gasteiger partial charge in [-0.3, -0.25) is 14.4 Å². The molecule has 3 heterocycles. The minimum atomic E-state index is -0.175. The molecule has 158 valence electrons. The van der Waals surface area contributed by atoms with Crippen molar-refractivity contribution in [3.8, 4) is 0 Å². The van der Waals surface area contributed by atoms with Gasteiger partial charge in [-0.15, -0.1) is 0 Å². The van der Waals surface area contributed by atoms with Crippen molar-refractivity contribution in [1.29, 1.82) is 0 Å². The summed E-state index contributed by atoms with van der Waals surface area (Å²) in [7, 11) is 1.95. The summed E-state index contributed by atoms with van der Waals surface area (Å²) >= 11 is 0. The molecule has 1 fully saturated rings. The van der Waals surface area contributed by atoms with Crippen molar-refractivity contribution in [3.05, 3.63) is 59.0 Å². The molecule has 1 atom stereocenters. The van der Waals surface area contributed by atoms with E-state index in [0.29, 0.717) is 12.2 Å². The lowest BCUT2D eigenvalue weighted by atomic mass is 10.0. The Morgan fingerprint density at radius 3 is 2.87 bits per heavy atom. The first-order chi connectivity index (χ1) is 14.4. The molecular weight excluding hydrogens is 378 g/mol. The predicted octanol–water partition coefficient (Wildman–Crippen LogP) is 2.99. The van der Waals surface area contributed by atoms with Gasteiger partial charge in [-0.2, -0.15) is 5.10 Å². The third-order valence-corrected chi connectivity index (χ3v) is 5.39. The van der Waals surface area contributed by atoms with Crippen molar-refractivity contribution in [2.45, 2.75) is 39.5 Å². The summed E-state index contributed by atoms with van der Waals surface area (Å²) in [4.78, 5) is 20.1. The van der Waals surface area contributed by atoms with Crippen LogP contribution in [0.5, 0.6) is 0 Å². The number of morpholine rings is 1. The highest BCUT2D eigenvalue weighted by Gasteiger charge is 2.26. The quantitative estimate of drug-likeness (QED) is 0.704. The van der Waals surface area contributed by atoms with Crippen LogP contribution in [-0.2, 0) is 18.3 Å². The number of carbonyl (C=O) groups is 1. The molecule has 0 spiro atoms. The van der Waals surface area contributed by atoms with Crippen LogP contribution in [0.1, 0.15) is 47.3 Å². The number of hydrogen-bond donors (Lipinski definition) is 1. The van der Waals surface area contributed by atoms with E-state index < -0.39 is 0 Å². The number of fused-ring (bicyclic) bond motifs is 1.